The maximum Gasteiger partial charge on any atom is 0.417 e. The number of fused-ring (bicyclic) bond motifs is 1. The van der Waals surface area contributed by atoms with Crippen molar-refractivity contribution in [2.75, 3.05) is 5.73 Å². The molecule has 7 heteroatoms. The molecule has 3 aromatic rings. The zero-order chi connectivity index (χ0) is 15.2. The maximum absolute atomic E-state index is 13.1. The van der Waals surface area contributed by atoms with Crippen molar-refractivity contribution in [3.63, 3.8) is 0 Å². The Kier molecular flexibility index (Phi) is 2.86. The highest BCUT2D eigenvalue weighted by atomic mass is 19.4. The summed E-state index contributed by atoms with van der Waals surface area (Å²) in [5, 5.41) is 4.09. The number of nitrogens with two attached hydrogens (primary N) is 1. The molecule has 0 saturated heterocycles. The minimum Gasteiger partial charge on any atom is -0.396 e. The first-order valence-electron chi connectivity index (χ1n) is 6.15. The number of nitrogen functional groups attached to an aromatic ring is 1. The van der Waals surface area contributed by atoms with Crippen LogP contribution in [0.15, 0.2) is 36.7 Å². The van der Waals surface area contributed by atoms with E-state index in [1.54, 1.807) is 13.0 Å². The summed E-state index contributed by atoms with van der Waals surface area (Å²) in [6.45, 7) is 1.73. The number of halogens is 3. The molecule has 2 aromatic heterocycles. The molecule has 21 heavy (non-hydrogen) atoms. The Morgan fingerprint density at radius 2 is 1.81 bits per heavy atom. The standard InChI is InChI=1S/C14H11F3N4/c1-8-12(18)7-19-13-10(6-20-21(8)13)9-4-2-3-5-11(9)14(15,16)17/h2-7H,18H2,1H3. The average Bonchev–Trinajstić information content (AvgIpc) is 2.86. The Labute approximate surface area is 118 Å². The minimum atomic E-state index is -4.44. The van der Waals surface area contributed by atoms with Gasteiger partial charge in [0.2, 0.25) is 0 Å². The Morgan fingerprint density at radius 1 is 1.10 bits per heavy atom. The fourth-order valence-corrected chi connectivity index (χ4v) is 2.21. The van der Waals surface area contributed by atoms with E-state index in [0.29, 0.717) is 22.6 Å². The van der Waals surface area contributed by atoms with Gasteiger partial charge in [-0.25, -0.2) is 9.50 Å². The van der Waals surface area contributed by atoms with E-state index in [-0.39, 0.29) is 5.56 Å². The van der Waals surface area contributed by atoms with Gasteiger partial charge in [0, 0.05) is 5.56 Å². The van der Waals surface area contributed by atoms with Gasteiger partial charge in [-0.3, -0.25) is 0 Å². The molecule has 0 spiro atoms. The molecule has 0 bridgehead atoms. The van der Waals surface area contributed by atoms with Crippen LogP contribution in [0.3, 0.4) is 0 Å². The highest BCUT2D eigenvalue weighted by molar-refractivity contribution is 5.80. The molecule has 1 aromatic carbocycles. The summed E-state index contributed by atoms with van der Waals surface area (Å²) in [5.74, 6) is 0. The third-order valence-electron chi connectivity index (χ3n) is 3.33. The molecule has 0 fully saturated rings. The molecule has 0 radical (unpaired) electrons. The molecule has 4 nitrogen and oxygen atoms in total. The summed E-state index contributed by atoms with van der Waals surface area (Å²) in [5.41, 5.74) is 6.81. The summed E-state index contributed by atoms with van der Waals surface area (Å²) in [6, 6.07) is 5.36. The van der Waals surface area contributed by atoms with Crippen LogP contribution >= 0.6 is 0 Å². The highest BCUT2D eigenvalue weighted by Gasteiger charge is 2.34. The number of anilines is 1. The quantitative estimate of drug-likeness (QED) is 0.748. The highest BCUT2D eigenvalue weighted by Crippen LogP contribution is 2.38. The lowest BCUT2D eigenvalue weighted by Gasteiger charge is -2.11. The second-order valence-electron chi connectivity index (χ2n) is 4.64. The number of aromatic nitrogens is 3. The van der Waals surface area contributed by atoms with Gasteiger partial charge in [-0.15, -0.1) is 0 Å². The van der Waals surface area contributed by atoms with E-state index in [2.05, 4.69) is 10.1 Å². The van der Waals surface area contributed by atoms with Gasteiger partial charge in [-0.05, 0) is 18.6 Å². The first-order chi connectivity index (χ1) is 9.89. The van der Waals surface area contributed by atoms with Crippen molar-refractivity contribution >= 4 is 11.3 Å². The number of hydrogen-bond donors (Lipinski definition) is 1. The van der Waals surface area contributed by atoms with Crippen LogP contribution in [-0.4, -0.2) is 14.6 Å². The van der Waals surface area contributed by atoms with Crippen molar-refractivity contribution in [2.24, 2.45) is 0 Å². The van der Waals surface area contributed by atoms with Crippen molar-refractivity contribution in [3.8, 4) is 11.1 Å². The zero-order valence-electron chi connectivity index (χ0n) is 11.0. The molecule has 108 valence electrons. The third-order valence-corrected chi connectivity index (χ3v) is 3.33. The van der Waals surface area contributed by atoms with Crippen LogP contribution in [0.4, 0.5) is 18.9 Å². The zero-order valence-corrected chi connectivity index (χ0v) is 11.0. The van der Waals surface area contributed by atoms with Gasteiger partial charge in [0.25, 0.3) is 0 Å². The van der Waals surface area contributed by atoms with E-state index < -0.39 is 11.7 Å². The Morgan fingerprint density at radius 3 is 2.52 bits per heavy atom. The number of aryl methyl sites for hydroxylation is 1. The number of nitrogens with zero attached hydrogens (tertiary/aromatic N) is 3. The van der Waals surface area contributed by atoms with E-state index in [1.807, 2.05) is 0 Å². The van der Waals surface area contributed by atoms with Crippen molar-refractivity contribution in [2.45, 2.75) is 13.1 Å². The summed E-state index contributed by atoms with van der Waals surface area (Å²) in [7, 11) is 0. The third kappa shape index (κ3) is 2.10. The molecule has 2 heterocycles. The van der Waals surface area contributed by atoms with Crippen LogP contribution < -0.4 is 5.73 Å². The summed E-state index contributed by atoms with van der Waals surface area (Å²) >= 11 is 0. The second-order valence-corrected chi connectivity index (χ2v) is 4.64. The average molecular weight is 292 g/mol. The smallest absolute Gasteiger partial charge is 0.396 e. The Balaban J connectivity index is 2.30. The monoisotopic (exact) mass is 292 g/mol. The normalized spacial score (nSPS) is 12.0. The largest absolute Gasteiger partial charge is 0.417 e. The summed E-state index contributed by atoms with van der Waals surface area (Å²) < 4.78 is 40.8. The molecular weight excluding hydrogens is 281 g/mol. The van der Waals surface area contributed by atoms with Gasteiger partial charge in [-0.2, -0.15) is 18.3 Å². The first kappa shape index (κ1) is 13.4. The van der Waals surface area contributed by atoms with Crippen LogP contribution in [0.25, 0.3) is 16.8 Å². The van der Waals surface area contributed by atoms with Crippen LogP contribution in [0.2, 0.25) is 0 Å². The predicted molar refractivity (Wildman–Crippen MR) is 72.6 cm³/mol. The topological polar surface area (TPSA) is 56.2 Å². The van der Waals surface area contributed by atoms with E-state index in [0.717, 1.165) is 6.07 Å². The summed E-state index contributed by atoms with van der Waals surface area (Å²) in [4.78, 5) is 4.11. The molecule has 0 aliphatic heterocycles. The van der Waals surface area contributed by atoms with Gasteiger partial charge >= 0.3 is 6.18 Å². The Bertz CT molecular complexity index is 821. The van der Waals surface area contributed by atoms with Crippen LogP contribution in [0, 0.1) is 6.92 Å². The minimum absolute atomic E-state index is 0.0525. The molecule has 0 amide bonds. The maximum atomic E-state index is 13.1. The molecule has 0 aliphatic carbocycles. The van der Waals surface area contributed by atoms with E-state index in [1.165, 1.54) is 29.0 Å². The first-order valence-corrected chi connectivity index (χ1v) is 6.15. The fourth-order valence-electron chi connectivity index (χ4n) is 2.21. The van der Waals surface area contributed by atoms with Gasteiger partial charge in [-0.1, -0.05) is 18.2 Å². The number of benzene rings is 1. The predicted octanol–water partition coefficient (Wildman–Crippen LogP) is 3.31. The van der Waals surface area contributed by atoms with Crippen molar-refractivity contribution in [1.29, 1.82) is 0 Å². The lowest BCUT2D eigenvalue weighted by molar-refractivity contribution is -0.137. The van der Waals surface area contributed by atoms with Crippen molar-refractivity contribution < 1.29 is 13.2 Å². The van der Waals surface area contributed by atoms with Gasteiger partial charge in [0.1, 0.15) is 0 Å². The molecule has 2 N–H and O–H groups in total. The molecule has 0 saturated carbocycles. The SMILES string of the molecule is Cc1c(N)cnc2c(-c3ccccc3C(F)(F)F)cnn12. The van der Waals surface area contributed by atoms with Gasteiger partial charge in [0.15, 0.2) is 5.65 Å². The van der Waals surface area contributed by atoms with Crippen LogP contribution in [0.1, 0.15) is 11.3 Å². The molecule has 3 rings (SSSR count). The second kappa shape index (κ2) is 4.47. The number of hydrogen-bond acceptors (Lipinski definition) is 3. The molecule has 0 unspecified atom stereocenters. The van der Waals surface area contributed by atoms with Crippen LogP contribution in [-0.2, 0) is 6.18 Å². The summed E-state index contributed by atoms with van der Waals surface area (Å²) in [6.07, 6.45) is -1.64. The fraction of sp³-hybridized carbons (Fsp3) is 0.143. The van der Waals surface area contributed by atoms with Crippen LogP contribution in [0.5, 0.6) is 0 Å². The Hall–Kier alpha value is -2.57. The van der Waals surface area contributed by atoms with E-state index in [9.17, 15) is 13.2 Å². The van der Waals surface area contributed by atoms with E-state index >= 15 is 0 Å². The van der Waals surface area contributed by atoms with Gasteiger partial charge in [0.05, 0.1) is 29.3 Å². The van der Waals surface area contributed by atoms with Crippen molar-refractivity contribution in [1.82, 2.24) is 14.6 Å². The van der Waals surface area contributed by atoms with Gasteiger partial charge < -0.3 is 5.73 Å². The lowest BCUT2D eigenvalue weighted by atomic mass is 10.0. The number of rotatable bonds is 1. The number of alkyl halides is 3. The molecular formula is C14H11F3N4. The lowest BCUT2D eigenvalue weighted by Crippen LogP contribution is -2.07. The molecule has 0 aliphatic rings. The van der Waals surface area contributed by atoms with Crippen molar-refractivity contribution in [3.05, 3.63) is 47.9 Å². The molecule has 0 atom stereocenters. The van der Waals surface area contributed by atoms with E-state index in [4.69, 9.17) is 5.73 Å².